The van der Waals surface area contributed by atoms with Crippen molar-refractivity contribution in [2.45, 2.75) is 125 Å². The Morgan fingerprint density at radius 3 is 2.17 bits per heavy atom. The Kier molecular flexibility index (Phi) is 21.7. The minimum Gasteiger partial charge on any atom is -0.437 e. The Hall–Kier alpha value is -6.33. The zero-order valence-electron chi connectivity index (χ0n) is 47.7. The molecule has 0 spiro atoms. The Balaban J connectivity index is 0.996. The highest BCUT2D eigenvalue weighted by Gasteiger charge is 2.45. The van der Waals surface area contributed by atoms with Crippen LogP contribution in [-0.2, 0) is 56.0 Å². The van der Waals surface area contributed by atoms with Gasteiger partial charge < -0.3 is 59.2 Å². The van der Waals surface area contributed by atoms with E-state index in [1.807, 2.05) is 94.1 Å². The van der Waals surface area contributed by atoms with Crippen LogP contribution in [0.2, 0.25) is 0 Å². The van der Waals surface area contributed by atoms with Crippen molar-refractivity contribution in [3.05, 3.63) is 110 Å². The molecule has 5 N–H and O–H groups in total. The average molecular weight is 1130 g/mol. The van der Waals surface area contributed by atoms with Crippen molar-refractivity contribution in [1.82, 2.24) is 40.3 Å². The molecule has 0 radical (unpaired) electrons. The van der Waals surface area contributed by atoms with Gasteiger partial charge in [0.2, 0.25) is 11.8 Å². The van der Waals surface area contributed by atoms with Crippen LogP contribution in [0.3, 0.4) is 0 Å². The number of aromatic nitrogens is 3. The Morgan fingerprint density at radius 1 is 0.875 bits per heavy atom. The number of aromatic amines is 1. The van der Waals surface area contributed by atoms with Crippen molar-refractivity contribution < 1.29 is 52.8 Å². The van der Waals surface area contributed by atoms with Gasteiger partial charge in [-0.15, -0.1) is 11.3 Å². The number of amides is 4. The lowest BCUT2D eigenvalue weighted by Gasteiger charge is -2.39. The van der Waals surface area contributed by atoms with Crippen molar-refractivity contribution in [3.63, 3.8) is 0 Å². The molecule has 2 fully saturated rings. The van der Waals surface area contributed by atoms with Gasteiger partial charge in [-0.2, -0.15) is 0 Å². The lowest BCUT2D eigenvalue weighted by atomic mass is 9.85. The monoisotopic (exact) mass is 1120 g/mol. The third-order valence-electron chi connectivity index (χ3n) is 15.1. The smallest absolute Gasteiger partial charge is 0.398 e. The summed E-state index contributed by atoms with van der Waals surface area (Å²) in [5, 5.41) is 20.2. The van der Waals surface area contributed by atoms with Gasteiger partial charge in [0.15, 0.2) is 6.23 Å². The number of thiazole rings is 1. The minimum absolute atomic E-state index is 0.00282. The van der Waals surface area contributed by atoms with Crippen LogP contribution in [0.25, 0.3) is 21.3 Å². The van der Waals surface area contributed by atoms with Crippen LogP contribution in [-0.4, -0.2) is 156 Å². The van der Waals surface area contributed by atoms with Crippen LogP contribution >= 0.6 is 11.3 Å². The molecule has 7 rings (SSSR count). The number of piperidine rings is 1. The average Bonchev–Trinajstić information content (AvgIpc) is 4.28. The number of H-pyrrole nitrogens is 1. The van der Waals surface area contributed by atoms with Crippen LogP contribution in [0.15, 0.2) is 64.9 Å². The molecule has 0 bridgehead atoms. The number of hydrogen-bond donors (Lipinski definition) is 5. The number of aryl methyl sites for hydroxylation is 3. The number of nitrogens with one attached hydrogen (secondary N) is 4. The van der Waals surface area contributed by atoms with Crippen LogP contribution < -0.4 is 21.5 Å². The van der Waals surface area contributed by atoms with Gasteiger partial charge in [0.1, 0.15) is 12.1 Å². The summed E-state index contributed by atoms with van der Waals surface area (Å²) in [6.45, 7) is 20.5. The Morgan fingerprint density at radius 2 is 1.54 bits per heavy atom. The molecule has 2 aromatic carbocycles. The number of β-amino-alcohol motifs (C(OH)–C–C–N with tert-alkyl or cyclic N) is 1. The highest BCUT2D eigenvalue weighted by molar-refractivity contribution is 7.13. The second kappa shape index (κ2) is 28.4. The summed E-state index contributed by atoms with van der Waals surface area (Å²) in [6, 6.07) is 15.1. The van der Waals surface area contributed by atoms with Crippen molar-refractivity contribution in [2.24, 2.45) is 11.3 Å². The van der Waals surface area contributed by atoms with E-state index >= 15 is 0 Å². The highest BCUT2D eigenvalue weighted by Crippen LogP contribution is 2.37. The number of hydrogen-bond acceptors (Lipinski definition) is 15. The van der Waals surface area contributed by atoms with E-state index in [0.29, 0.717) is 70.1 Å². The van der Waals surface area contributed by atoms with Gasteiger partial charge in [0.25, 0.3) is 11.5 Å². The number of esters is 1. The fourth-order valence-electron chi connectivity index (χ4n) is 10.7. The molecular formula is C59H80N8O12S. The molecule has 2 aliphatic heterocycles. The van der Waals surface area contributed by atoms with E-state index < -0.39 is 53.5 Å². The number of carbonyl (C=O) groups is 5. The molecule has 434 valence electrons. The van der Waals surface area contributed by atoms with E-state index in [1.165, 1.54) is 4.90 Å². The summed E-state index contributed by atoms with van der Waals surface area (Å²) in [7, 11) is 0. The maximum absolute atomic E-state index is 14.5. The van der Waals surface area contributed by atoms with Gasteiger partial charge in [-0.05, 0) is 94.5 Å². The fraction of sp³-hybridized carbons (Fsp3) is 0.542. The summed E-state index contributed by atoms with van der Waals surface area (Å²) in [5.41, 5.74) is 7.71. The number of rotatable bonds is 25. The van der Waals surface area contributed by atoms with Crippen molar-refractivity contribution in [3.8, 4) is 10.4 Å². The van der Waals surface area contributed by atoms with Gasteiger partial charge in [-0.3, -0.25) is 28.9 Å². The molecule has 2 unspecified atom stereocenters. The molecule has 0 aliphatic carbocycles. The summed E-state index contributed by atoms with van der Waals surface area (Å²) in [4.78, 5) is 94.4. The number of ether oxygens (including phenoxy) is 5. The molecule has 80 heavy (non-hydrogen) atoms. The lowest BCUT2D eigenvalue weighted by Crippen LogP contribution is -2.59. The van der Waals surface area contributed by atoms with Crippen LogP contribution in [0.1, 0.15) is 104 Å². The highest BCUT2D eigenvalue weighted by atomic mass is 32.1. The first kappa shape index (κ1) is 61.3. The summed E-state index contributed by atoms with van der Waals surface area (Å²) >= 11 is 1.55. The number of nitrogens with zero attached hydrogens (tertiary/aromatic N) is 4. The molecule has 3 aromatic heterocycles. The van der Waals surface area contributed by atoms with Crippen LogP contribution in [0.5, 0.6) is 0 Å². The lowest BCUT2D eigenvalue weighted by molar-refractivity contribution is -0.174. The normalized spacial score (nSPS) is 17.3. The van der Waals surface area contributed by atoms with Crippen LogP contribution in [0, 0.1) is 39.0 Å². The first-order valence-electron chi connectivity index (χ1n) is 27.7. The van der Waals surface area contributed by atoms with Crippen LogP contribution in [0.4, 0.5) is 0 Å². The summed E-state index contributed by atoms with van der Waals surface area (Å²) in [6.07, 6.45) is -0.629. The zero-order valence-corrected chi connectivity index (χ0v) is 48.5. The van der Waals surface area contributed by atoms with Gasteiger partial charge in [-0.25, -0.2) is 9.78 Å². The Labute approximate surface area is 472 Å². The second-order valence-corrected chi connectivity index (χ2v) is 22.6. The molecule has 20 nitrogen and oxygen atoms in total. The van der Waals surface area contributed by atoms with Crippen molar-refractivity contribution in [1.29, 1.82) is 0 Å². The number of pyridine rings is 1. The number of aliphatic hydroxyl groups excluding tert-OH is 1. The predicted octanol–water partition coefficient (Wildman–Crippen LogP) is 5.65. The first-order chi connectivity index (χ1) is 38.3. The standard InChI is InChI=1S/C59H80N8O12S/c1-10-75-23-24-76-25-26-77-27-28-78-34-49(65-21-19-42(20-22-65)39(5)67-40(6)50(45-13-11-12-14-47(45)67)55(71)61-32-46-36(2)29-37(3)63-53(46)69)79-58(74)56(72)64-52(59(7,8)9)57(73)66-33-44(68)30-48(66)54(70)60-31-41-15-17-43(18-16-41)51-38(4)62-35-80-51/h11-18,29,35,39,42,44,48-49,52,68H,10,19-28,30-34H2,1-9H3,(H,60,70)(H,61,71)(H,63,69)(H,64,72)/t39?,44-,48+,49?,52-/m1/s1. The number of benzene rings is 2. The maximum Gasteiger partial charge on any atom is 0.398 e. The maximum atomic E-state index is 14.5. The molecule has 2 saturated heterocycles. The Bertz CT molecular complexity index is 2980. The molecule has 0 saturated carbocycles. The zero-order chi connectivity index (χ0) is 57.7. The van der Waals surface area contributed by atoms with Gasteiger partial charge in [0, 0.05) is 79.6 Å². The molecule has 4 amide bonds. The number of carbonyl (C=O) groups excluding carboxylic acids is 5. The summed E-state index contributed by atoms with van der Waals surface area (Å²) in [5.74, 6) is -3.59. The van der Waals surface area contributed by atoms with E-state index in [0.717, 1.165) is 49.6 Å². The largest absolute Gasteiger partial charge is 0.437 e. The molecule has 21 heteroatoms. The minimum atomic E-state index is -1.28. The second-order valence-electron chi connectivity index (χ2n) is 21.8. The third-order valence-corrected chi connectivity index (χ3v) is 16.0. The van der Waals surface area contributed by atoms with E-state index in [9.17, 15) is 33.9 Å². The number of para-hydroxylation sites is 1. The third kappa shape index (κ3) is 15.6. The van der Waals surface area contributed by atoms with E-state index in [2.05, 4.69) is 37.4 Å². The van der Waals surface area contributed by atoms with E-state index in [-0.39, 0.29) is 69.3 Å². The van der Waals surface area contributed by atoms with Crippen molar-refractivity contribution in [2.75, 3.05) is 72.5 Å². The topological polar surface area (TPSA) is 245 Å². The molecule has 5 aromatic rings. The molecular weight excluding hydrogens is 1040 g/mol. The summed E-state index contributed by atoms with van der Waals surface area (Å²) < 4.78 is 30.7. The quantitative estimate of drug-likeness (QED) is 0.0269. The first-order valence-corrected chi connectivity index (χ1v) is 28.5. The fourth-order valence-corrected chi connectivity index (χ4v) is 11.5. The number of fused-ring (bicyclic) bond motifs is 1. The van der Waals surface area contributed by atoms with Gasteiger partial charge in [-0.1, -0.05) is 63.2 Å². The SMILES string of the molecule is CCOCCOCCOCCOCC(OC(=O)C(=O)N[C@H](C(=O)N1C[C@H](O)C[C@H]1C(=O)NCc1ccc(-c2scnc2C)cc1)C(C)(C)C)N1CCC(C(C)n2c(C)c(C(=O)NCc3c(C)cc(C)[nH]c3=O)c3ccccc32)CC1. The van der Waals surface area contributed by atoms with Gasteiger partial charge in [0.05, 0.1) is 74.0 Å². The molecule has 5 atom stereocenters. The van der Waals surface area contributed by atoms with Crippen molar-refractivity contribution >= 4 is 51.8 Å². The molecule has 2 aliphatic rings. The van der Waals surface area contributed by atoms with E-state index in [1.54, 1.807) is 37.6 Å². The number of likely N-dealkylation sites (tertiary alicyclic amines) is 2. The molecule has 5 heterocycles. The predicted molar refractivity (Wildman–Crippen MR) is 304 cm³/mol. The van der Waals surface area contributed by atoms with Gasteiger partial charge >= 0.3 is 11.9 Å². The number of aliphatic hydroxyl groups is 1. The van der Waals surface area contributed by atoms with E-state index in [4.69, 9.17) is 23.7 Å².